The number of aliphatic hydroxyl groups excluding tert-OH is 2. The van der Waals surface area contributed by atoms with Crippen molar-refractivity contribution in [1.82, 2.24) is 0 Å². The van der Waals surface area contributed by atoms with E-state index in [1.54, 1.807) is 5.57 Å². The average Bonchev–Trinajstić information content (AvgIpc) is 3.00. The Labute approximate surface area is 184 Å². The van der Waals surface area contributed by atoms with Crippen LogP contribution in [0.1, 0.15) is 91.9 Å². The summed E-state index contributed by atoms with van der Waals surface area (Å²) in [7, 11) is 0. The van der Waals surface area contributed by atoms with Crippen LogP contribution in [-0.4, -0.2) is 33.1 Å². The Balaban J connectivity index is 1.70. The molecule has 3 heteroatoms. The van der Waals surface area contributed by atoms with E-state index in [0.29, 0.717) is 30.1 Å². The zero-order chi connectivity index (χ0) is 22.1. The lowest BCUT2D eigenvalue weighted by atomic mass is 9.60. The van der Waals surface area contributed by atoms with E-state index in [0.717, 1.165) is 29.9 Å². The minimum atomic E-state index is -0.615. The van der Waals surface area contributed by atoms with Crippen LogP contribution in [0.2, 0.25) is 0 Å². The number of hydrogen-bond donors (Lipinski definition) is 3. The van der Waals surface area contributed by atoms with E-state index in [4.69, 9.17) is 0 Å². The maximum absolute atomic E-state index is 10.1. The Bertz CT molecular complexity index is 683. The van der Waals surface area contributed by atoms with Gasteiger partial charge in [-0.2, -0.15) is 0 Å². The topological polar surface area (TPSA) is 60.7 Å². The van der Waals surface area contributed by atoms with E-state index in [-0.39, 0.29) is 0 Å². The lowest BCUT2D eigenvalue weighted by molar-refractivity contribution is 0.0596. The van der Waals surface area contributed by atoms with Gasteiger partial charge in [-0.05, 0) is 93.1 Å². The molecule has 3 saturated carbocycles. The summed E-state index contributed by atoms with van der Waals surface area (Å²) in [6.45, 7) is 12.8. The Hall–Kier alpha value is -0.900. The summed E-state index contributed by atoms with van der Waals surface area (Å²) in [5.41, 5.74) is 3.17. The first kappa shape index (κ1) is 23.8. The number of hydrogen-bond acceptors (Lipinski definition) is 3. The van der Waals surface area contributed by atoms with Gasteiger partial charge in [0.05, 0.1) is 17.8 Å². The van der Waals surface area contributed by atoms with E-state index in [9.17, 15) is 15.3 Å². The molecule has 5 unspecified atom stereocenters. The molecule has 0 aliphatic heterocycles. The molecule has 3 rings (SSSR count). The van der Waals surface area contributed by atoms with Gasteiger partial charge in [0, 0.05) is 6.42 Å². The van der Waals surface area contributed by atoms with E-state index < -0.39 is 17.8 Å². The van der Waals surface area contributed by atoms with E-state index in [1.165, 1.54) is 38.5 Å². The van der Waals surface area contributed by atoms with Crippen LogP contribution in [0.25, 0.3) is 0 Å². The molecule has 0 aromatic carbocycles. The fraction of sp³-hybridized carbons (Fsp3) is 0.778. The Kier molecular flexibility index (Phi) is 7.37. The largest absolute Gasteiger partial charge is 0.393 e. The van der Waals surface area contributed by atoms with Gasteiger partial charge in [0.2, 0.25) is 0 Å². The minimum absolute atomic E-state index is 0.374. The molecule has 0 amide bonds. The monoisotopic (exact) mass is 416 g/mol. The standard InChI is InChI=1S/C27H44O3/c1-18(8-6-14-26(3,4)30)23-12-13-24-20(9-7-15-27(23,24)5)10-11-21-16-22(28)17-25(29)19(21)2/h10-11,18,22-25,28-30H,2,6-9,12-17H2,1,3-5H3/b20-10+,21-11-/t18?,22?,23?,24?,25?,27-/m1/s1. The molecule has 3 aliphatic carbocycles. The van der Waals surface area contributed by atoms with Gasteiger partial charge in [-0.1, -0.05) is 51.0 Å². The van der Waals surface area contributed by atoms with Crippen LogP contribution in [0.4, 0.5) is 0 Å². The molecule has 3 fully saturated rings. The van der Waals surface area contributed by atoms with Gasteiger partial charge in [-0.15, -0.1) is 0 Å². The number of allylic oxidation sites excluding steroid dienone is 3. The van der Waals surface area contributed by atoms with Crippen LogP contribution in [0.5, 0.6) is 0 Å². The summed E-state index contributed by atoms with van der Waals surface area (Å²) in [6, 6.07) is 0. The maximum Gasteiger partial charge on any atom is 0.0811 e. The zero-order valence-electron chi connectivity index (χ0n) is 19.7. The Morgan fingerprint density at radius 3 is 2.67 bits per heavy atom. The second kappa shape index (κ2) is 9.30. The third-order valence-corrected chi connectivity index (χ3v) is 8.44. The SMILES string of the molecule is C=C1/C(=C\C=C2/CCC[C@@]3(C)C2CCC3C(C)CCCC(C)(C)O)CC(O)CC1O. The molecular weight excluding hydrogens is 372 g/mol. The average molecular weight is 417 g/mol. The van der Waals surface area contributed by atoms with Gasteiger partial charge in [-0.25, -0.2) is 0 Å². The lowest BCUT2D eigenvalue weighted by Crippen LogP contribution is -2.36. The third kappa shape index (κ3) is 5.29. The molecule has 0 heterocycles. The first-order valence-corrected chi connectivity index (χ1v) is 12.2. The van der Waals surface area contributed by atoms with Crippen molar-refractivity contribution in [1.29, 1.82) is 0 Å². The van der Waals surface area contributed by atoms with Crippen molar-refractivity contribution in [2.45, 2.75) is 110 Å². The molecule has 0 radical (unpaired) electrons. The summed E-state index contributed by atoms with van der Waals surface area (Å²) >= 11 is 0. The van der Waals surface area contributed by atoms with Crippen molar-refractivity contribution in [3.05, 3.63) is 35.5 Å². The predicted molar refractivity (Wildman–Crippen MR) is 124 cm³/mol. The highest BCUT2D eigenvalue weighted by molar-refractivity contribution is 5.38. The first-order chi connectivity index (χ1) is 14.0. The summed E-state index contributed by atoms with van der Waals surface area (Å²) < 4.78 is 0. The molecule has 0 aromatic rings. The van der Waals surface area contributed by atoms with Crippen molar-refractivity contribution < 1.29 is 15.3 Å². The van der Waals surface area contributed by atoms with Crippen molar-refractivity contribution in [3.63, 3.8) is 0 Å². The number of aliphatic hydroxyl groups is 3. The van der Waals surface area contributed by atoms with Gasteiger partial charge in [-0.3, -0.25) is 0 Å². The van der Waals surface area contributed by atoms with Crippen LogP contribution >= 0.6 is 0 Å². The Morgan fingerprint density at radius 1 is 1.23 bits per heavy atom. The highest BCUT2D eigenvalue weighted by Gasteiger charge is 2.50. The summed E-state index contributed by atoms with van der Waals surface area (Å²) in [5, 5.41) is 30.2. The molecule has 6 atom stereocenters. The lowest BCUT2D eigenvalue weighted by Gasteiger charge is -2.44. The van der Waals surface area contributed by atoms with Crippen LogP contribution in [0, 0.1) is 23.2 Å². The van der Waals surface area contributed by atoms with E-state index in [2.05, 4.69) is 32.6 Å². The van der Waals surface area contributed by atoms with Crippen LogP contribution < -0.4 is 0 Å². The third-order valence-electron chi connectivity index (χ3n) is 8.44. The van der Waals surface area contributed by atoms with Gasteiger partial charge in [0.1, 0.15) is 0 Å². The molecular formula is C27H44O3. The second-order valence-corrected chi connectivity index (χ2v) is 11.3. The van der Waals surface area contributed by atoms with Crippen molar-refractivity contribution >= 4 is 0 Å². The van der Waals surface area contributed by atoms with Crippen LogP contribution in [0.15, 0.2) is 35.5 Å². The van der Waals surface area contributed by atoms with Crippen molar-refractivity contribution in [2.75, 3.05) is 0 Å². The normalized spacial score (nSPS) is 38.8. The molecule has 0 spiro atoms. The molecule has 170 valence electrons. The number of fused-ring (bicyclic) bond motifs is 1. The van der Waals surface area contributed by atoms with Crippen LogP contribution in [-0.2, 0) is 0 Å². The van der Waals surface area contributed by atoms with E-state index in [1.807, 2.05) is 13.8 Å². The quantitative estimate of drug-likeness (QED) is 0.520. The van der Waals surface area contributed by atoms with Crippen molar-refractivity contribution in [3.8, 4) is 0 Å². The fourth-order valence-corrected chi connectivity index (χ4v) is 6.74. The minimum Gasteiger partial charge on any atom is -0.393 e. The Morgan fingerprint density at radius 2 is 1.97 bits per heavy atom. The molecule has 0 bridgehead atoms. The van der Waals surface area contributed by atoms with Gasteiger partial charge in [0.25, 0.3) is 0 Å². The smallest absolute Gasteiger partial charge is 0.0811 e. The molecule has 3 nitrogen and oxygen atoms in total. The highest BCUT2D eigenvalue weighted by atomic mass is 16.3. The zero-order valence-corrected chi connectivity index (χ0v) is 19.7. The maximum atomic E-state index is 10.1. The second-order valence-electron chi connectivity index (χ2n) is 11.3. The summed E-state index contributed by atoms with van der Waals surface area (Å²) in [4.78, 5) is 0. The fourth-order valence-electron chi connectivity index (χ4n) is 6.74. The number of rotatable bonds is 6. The molecule has 3 aliphatic rings. The summed E-state index contributed by atoms with van der Waals surface area (Å²) in [5.74, 6) is 2.11. The van der Waals surface area contributed by atoms with E-state index >= 15 is 0 Å². The van der Waals surface area contributed by atoms with Crippen LogP contribution in [0.3, 0.4) is 0 Å². The molecule has 0 aromatic heterocycles. The van der Waals surface area contributed by atoms with Gasteiger partial charge in [0.15, 0.2) is 0 Å². The van der Waals surface area contributed by atoms with Gasteiger partial charge >= 0.3 is 0 Å². The predicted octanol–water partition coefficient (Wildman–Crippen LogP) is 5.70. The summed E-state index contributed by atoms with van der Waals surface area (Å²) in [6.07, 6.45) is 13.9. The molecule has 30 heavy (non-hydrogen) atoms. The van der Waals surface area contributed by atoms with Crippen molar-refractivity contribution in [2.24, 2.45) is 23.2 Å². The molecule has 3 N–H and O–H groups in total. The highest BCUT2D eigenvalue weighted by Crippen LogP contribution is 2.60. The molecule has 0 saturated heterocycles. The first-order valence-electron chi connectivity index (χ1n) is 12.2. The van der Waals surface area contributed by atoms with Gasteiger partial charge < -0.3 is 15.3 Å².